The second-order valence-corrected chi connectivity index (χ2v) is 4.31. The monoisotopic (exact) mass is 225 g/mol. The molecule has 1 heterocycles. The topological polar surface area (TPSA) is 75.8 Å². The molecular formula is C11H19N3O2. The van der Waals surface area contributed by atoms with Gasteiger partial charge in [0.25, 0.3) is 0 Å². The van der Waals surface area contributed by atoms with Crippen molar-refractivity contribution in [3.8, 4) is 0 Å². The summed E-state index contributed by atoms with van der Waals surface area (Å²) in [5, 5.41) is 5.17. The third kappa shape index (κ3) is 2.40. The Kier molecular flexibility index (Phi) is 4.04. The van der Waals surface area contributed by atoms with Gasteiger partial charge in [-0.05, 0) is 5.92 Å². The van der Waals surface area contributed by atoms with Gasteiger partial charge >= 0.3 is 0 Å². The number of nitrogens with two attached hydrogens (primary N) is 1. The van der Waals surface area contributed by atoms with E-state index in [-0.39, 0.29) is 17.7 Å². The zero-order chi connectivity index (χ0) is 12.3. The molecule has 5 nitrogen and oxygen atoms in total. The number of rotatable bonds is 4. The number of nitrogens with zero attached hydrogens (tertiary/aromatic N) is 2. The minimum atomic E-state index is -0.598. The van der Waals surface area contributed by atoms with Crippen LogP contribution < -0.4 is 5.73 Å². The maximum Gasteiger partial charge on any atom is 0.246 e. The molecule has 0 spiro atoms. The molecule has 0 saturated carbocycles. The van der Waals surface area contributed by atoms with Crippen LogP contribution in [0.5, 0.6) is 0 Å². The molecule has 2 N–H and O–H groups in total. The molecule has 0 aromatic carbocycles. The molecule has 0 saturated heterocycles. The van der Waals surface area contributed by atoms with Gasteiger partial charge in [-0.25, -0.2) is 5.01 Å². The zero-order valence-corrected chi connectivity index (χ0v) is 10.0. The Labute approximate surface area is 95.7 Å². The Hall–Kier alpha value is -1.39. The lowest BCUT2D eigenvalue weighted by Crippen LogP contribution is -2.45. The van der Waals surface area contributed by atoms with Gasteiger partial charge in [0, 0.05) is 18.6 Å². The van der Waals surface area contributed by atoms with Gasteiger partial charge in [0.05, 0.1) is 0 Å². The van der Waals surface area contributed by atoms with Gasteiger partial charge in [-0.15, -0.1) is 0 Å². The Morgan fingerprint density at radius 2 is 2.19 bits per heavy atom. The third-order valence-electron chi connectivity index (χ3n) is 3.27. The highest BCUT2D eigenvalue weighted by atomic mass is 16.2. The molecular weight excluding hydrogens is 206 g/mol. The van der Waals surface area contributed by atoms with E-state index in [0.29, 0.717) is 6.42 Å². The van der Waals surface area contributed by atoms with Crippen LogP contribution >= 0.6 is 0 Å². The number of hydrogen-bond acceptors (Lipinski definition) is 3. The van der Waals surface area contributed by atoms with Crippen molar-refractivity contribution in [3.63, 3.8) is 0 Å². The van der Waals surface area contributed by atoms with Gasteiger partial charge in [-0.1, -0.05) is 27.2 Å². The van der Waals surface area contributed by atoms with Crippen LogP contribution in [0.25, 0.3) is 0 Å². The van der Waals surface area contributed by atoms with Crippen molar-refractivity contribution in [3.05, 3.63) is 0 Å². The summed E-state index contributed by atoms with van der Waals surface area (Å²) in [5.41, 5.74) is 5.22. The lowest BCUT2D eigenvalue weighted by atomic mass is 9.92. The van der Waals surface area contributed by atoms with Gasteiger partial charge in [-0.3, -0.25) is 9.59 Å². The lowest BCUT2D eigenvalue weighted by molar-refractivity contribution is -0.142. The zero-order valence-electron chi connectivity index (χ0n) is 10.0. The van der Waals surface area contributed by atoms with Crippen molar-refractivity contribution in [2.75, 3.05) is 0 Å². The largest absolute Gasteiger partial charge is 0.368 e. The van der Waals surface area contributed by atoms with E-state index in [9.17, 15) is 9.59 Å². The predicted molar refractivity (Wildman–Crippen MR) is 61.6 cm³/mol. The third-order valence-corrected chi connectivity index (χ3v) is 3.27. The van der Waals surface area contributed by atoms with Crippen molar-refractivity contribution >= 4 is 18.0 Å². The van der Waals surface area contributed by atoms with Crippen LogP contribution in [0, 0.1) is 11.8 Å². The van der Waals surface area contributed by atoms with Crippen LogP contribution in [0.1, 0.15) is 33.6 Å². The molecule has 5 heteroatoms. The molecule has 90 valence electrons. The van der Waals surface area contributed by atoms with Crippen LogP contribution in [0.3, 0.4) is 0 Å². The van der Waals surface area contributed by atoms with E-state index >= 15 is 0 Å². The molecule has 0 aromatic rings. The molecule has 1 aliphatic heterocycles. The second-order valence-electron chi connectivity index (χ2n) is 4.31. The van der Waals surface area contributed by atoms with E-state index in [1.165, 1.54) is 5.01 Å². The Morgan fingerprint density at radius 1 is 1.56 bits per heavy atom. The first-order valence-corrected chi connectivity index (χ1v) is 5.63. The van der Waals surface area contributed by atoms with Crippen LogP contribution in [0.2, 0.25) is 0 Å². The van der Waals surface area contributed by atoms with Crippen LogP contribution in [0.15, 0.2) is 5.10 Å². The van der Waals surface area contributed by atoms with Crippen molar-refractivity contribution in [2.24, 2.45) is 22.7 Å². The average molecular weight is 225 g/mol. The first kappa shape index (κ1) is 12.7. The molecule has 0 aromatic heterocycles. The Morgan fingerprint density at radius 3 is 2.69 bits per heavy atom. The number of hydrazone groups is 1. The highest BCUT2D eigenvalue weighted by Crippen LogP contribution is 2.21. The van der Waals surface area contributed by atoms with Crippen molar-refractivity contribution in [1.82, 2.24) is 5.01 Å². The summed E-state index contributed by atoms with van der Waals surface area (Å²) in [5.74, 6) is -0.479. The molecule has 1 rings (SSSR count). The predicted octanol–water partition coefficient (Wildman–Crippen LogP) is 0.741. The number of carbonyl (C=O) groups is 2. The van der Waals surface area contributed by atoms with Gasteiger partial charge in [0.15, 0.2) is 0 Å². The first-order chi connectivity index (χ1) is 7.49. The van der Waals surface area contributed by atoms with E-state index in [4.69, 9.17) is 5.73 Å². The standard InChI is InChI=1S/C11H19N3O2/c1-4-7(2)8(3)11(16)14-9(10(12)15)5-6-13-14/h6-9H,4-5H2,1-3H3,(H2,12,15)/t7?,8-,9?/m0/s1. The molecule has 0 bridgehead atoms. The van der Waals surface area contributed by atoms with Gasteiger partial charge < -0.3 is 5.73 Å². The number of primary amides is 1. The number of amides is 2. The van der Waals surface area contributed by atoms with Crippen LogP contribution in [-0.4, -0.2) is 29.1 Å². The fourth-order valence-electron chi connectivity index (χ4n) is 1.67. The van der Waals surface area contributed by atoms with E-state index < -0.39 is 11.9 Å². The average Bonchev–Trinajstić information content (AvgIpc) is 2.74. The molecule has 2 unspecified atom stereocenters. The van der Waals surface area contributed by atoms with Crippen molar-refractivity contribution < 1.29 is 9.59 Å². The number of hydrogen-bond donors (Lipinski definition) is 1. The van der Waals surface area contributed by atoms with E-state index in [0.717, 1.165) is 6.42 Å². The summed E-state index contributed by atoms with van der Waals surface area (Å²) in [6, 6.07) is -0.598. The smallest absolute Gasteiger partial charge is 0.246 e. The molecule has 0 aliphatic carbocycles. The Balaban J connectivity index is 2.73. The van der Waals surface area contributed by atoms with Gasteiger partial charge in [0.1, 0.15) is 6.04 Å². The molecule has 2 amide bonds. The fourth-order valence-corrected chi connectivity index (χ4v) is 1.67. The summed E-state index contributed by atoms with van der Waals surface area (Å²) in [7, 11) is 0. The maximum absolute atomic E-state index is 12.1. The summed E-state index contributed by atoms with van der Waals surface area (Å²) in [6.07, 6.45) is 2.91. The summed E-state index contributed by atoms with van der Waals surface area (Å²) in [6.45, 7) is 5.91. The van der Waals surface area contributed by atoms with Crippen LogP contribution in [-0.2, 0) is 9.59 Å². The first-order valence-electron chi connectivity index (χ1n) is 5.63. The highest BCUT2D eigenvalue weighted by Gasteiger charge is 2.34. The summed E-state index contributed by atoms with van der Waals surface area (Å²) >= 11 is 0. The maximum atomic E-state index is 12.1. The highest BCUT2D eigenvalue weighted by molar-refractivity contribution is 5.91. The quantitative estimate of drug-likeness (QED) is 0.766. The second kappa shape index (κ2) is 5.09. The lowest BCUT2D eigenvalue weighted by Gasteiger charge is -2.25. The summed E-state index contributed by atoms with van der Waals surface area (Å²) < 4.78 is 0. The van der Waals surface area contributed by atoms with Gasteiger partial charge in [0.2, 0.25) is 11.8 Å². The minimum Gasteiger partial charge on any atom is -0.368 e. The van der Waals surface area contributed by atoms with Crippen molar-refractivity contribution in [1.29, 1.82) is 0 Å². The van der Waals surface area contributed by atoms with Gasteiger partial charge in [-0.2, -0.15) is 5.10 Å². The SMILES string of the molecule is CCC(C)[C@H](C)C(=O)N1N=CCC1C(N)=O. The minimum absolute atomic E-state index is 0.119. The fraction of sp³-hybridized carbons (Fsp3) is 0.727. The number of carbonyl (C=O) groups excluding carboxylic acids is 2. The molecule has 1 aliphatic rings. The van der Waals surface area contributed by atoms with E-state index in [2.05, 4.69) is 5.10 Å². The molecule has 0 radical (unpaired) electrons. The van der Waals surface area contributed by atoms with E-state index in [1.54, 1.807) is 6.21 Å². The molecule has 0 fully saturated rings. The normalized spacial score (nSPS) is 23.2. The van der Waals surface area contributed by atoms with Crippen molar-refractivity contribution in [2.45, 2.75) is 39.7 Å². The Bertz CT molecular complexity index is 314. The summed E-state index contributed by atoms with van der Waals surface area (Å²) in [4.78, 5) is 23.2. The van der Waals surface area contributed by atoms with Crippen LogP contribution in [0.4, 0.5) is 0 Å². The molecule has 16 heavy (non-hydrogen) atoms. The van der Waals surface area contributed by atoms with E-state index in [1.807, 2.05) is 20.8 Å². The molecule has 3 atom stereocenters.